The molecule has 1 atom stereocenters. The zero-order valence-corrected chi connectivity index (χ0v) is 12.6. The van der Waals surface area contributed by atoms with Crippen molar-refractivity contribution in [2.24, 2.45) is 5.92 Å². The van der Waals surface area contributed by atoms with E-state index in [0.29, 0.717) is 0 Å². The maximum absolute atomic E-state index is 12.1. The second-order valence-corrected chi connectivity index (χ2v) is 6.01. The Morgan fingerprint density at radius 3 is 3.05 bits per heavy atom. The third-order valence-corrected chi connectivity index (χ3v) is 4.09. The highest BCUT2D eigenvalue weighted by atomic mass is 16.2. The van der Waals surface area contributed by atoms with Crippen molar-refractivity contribution in [3.8, 4) is 0 Å². The van der Waals surface area contributed by atoms with Gasteiger partial charge in [0, 0.05) is 11.9 Å². The SMILES string of the molecule is Cc1ccccc1NC(=O)Cn1cc2c(n1)CCC(C)C2. The van der Waals surface area contributed by atoms with Gasteiger partial charge in [-0.3, -0.25) is 9.48 Å². The highest BCUT2D eigenvalue weighted by Gasteiger charge is 2.19. The van der Waals surface area contributed by atoms with Crippen LogP contribution in [0.15, 0.2) is 30.5 Å². The minimum Gasteiger partial charge on any atom is -0.324 e. The lowest BCUT2D eigenvalue weighted by Gasteiger charge is -2.15. The topological polar surface area (TPSA) is 46.9 Å². The lowest BCUT2D eigenvalue weighted by atomic mass is 9.89. The Labute approximate surface area is 125 Å². The van der Waals surface area contributed by atoms with Gasteiger partial charge in [-0.25, -0.2) is 0 Å². The number of rotatable bonds is 3. The van der Waals surface area contributed by atoms with Gasteiger partial charge in [0.2, 0.25) is 5.91 Å². The third kappa shape index (κ3) is 3.15. The molecular formula is C17H21N3O. The van der Waals surface area contributed by atoms with Gasteiger partial charge in [-0.15, -0.1) is 0 Å². The maximum Gasteiger partial charge on any atom is 0.246 e. The smallest absolute Gasteiger partial charge is 0.246 e. The first-order valence-corrected chi connectivity index (χ1v) is 7.52. The zero-order valence-electron chi connectivity index (χ0n) is 12.6. The van der Waals surface area contributed by atoms with E-state index < -0.39 is 0 Å². The molecule has 0 saturated heterocycles. The van der Waals surface area contributed by atoms with E-state index in [4.69, 9.17) is 0 Å². The van der Waals surface area contributed by atoms with Crippen LogP contribution in [0.4, 0.5) is 5.69 Å². The van der Waals surface area contributed by atoms with Crippen molar-refractivity contribution in [2.75, 3.05) is 5.32 Å². The molecule has 1 unspecified atom stereocenters. The molecule has 1 aliphatic carbocycles. The molecule has 0 radical (unpaired) electrons. The predicted octanol–water partition coefficient (Wildman–Crippen LogP) is 2.96. The summed E-state index contributed by atoms with van der Waals surface area (Å²) in [6, 6.07) is 7.80. The molecule has 0 spiro atoms. The molecule has 1 N–H and O–H groups in total. The lowest BCUT2D eigenvalue weighted by Crippen LogP contribution is -2.19. The number of anilines is 1. The van der Waals surface area contributed by atoms with E-state index >= 15 is 0 Å². The molecule has 4 nitrogen and oxygen atoms in total. The van der Waals surface area contributed by atoms with E-state index in [9.17, 15) is 4.79 Å². The van der Waals surface area contributed by atoms with Crippen LogP contribution in [0.2, 0.25) is 0 Å². The fourth-order valence-electron chi connectivity index (χ4n) is 2.88. The van der Waals surface area contributed by atoms with Gasteiger partial charge >= 0.3 is 0 Å². The molecule has 0 fully saturated rings. The Morgan fingerprint density at radius 1 is 1.43 bits per heavy atom. The van der Waals surface area contributed by atoms with Crippen LogP contribution in [-0.2, 0) is 24.2 Å². The number of hydrogen-bond acceptors (Lipinski definition) is 2. The molecule has 0 bridgehead atoms. The summed E-state index contributed by atoms with van der Waals surface area (Å²) in [7, 11) is 0. The third-order valence-electron chi connectivity index (χ3n) is 4.09. The standard InChI is InChI=1S/C17H21N3O/c1-12-7-8-16-14(9-12)10-20(19-16)11-17(21)18-15-6-4-3-5-13(15)2/h3-6,10,12H,7-9,11H2,1-2H3,(H,18,21). The number of carbonyl (C=O) groups is 1. The molecule has 21 heavy (non-hydrogen) atoms. The number of fused-ring (bicyclic) bond motifs is 1. The number of benzene rings is 1. The van der Waals surface area contributed by atoms with Gasteiger partial charge in [0.05, 0.1) is 5.69 Å². The molecule has 1 aromatic carbocycles. The summed E-state index contributed by atoms with van der Waals surface area (Å²) in [6.45, 7) is 4.53. The quantitative estimate of drug-likeness (QED) is 0.941. The second kappa shape index (κ2) is 5.72. The molecular weight excluding hydrogens is 262 g/mol. The van der Waals surface area contributed by atoms with Gasteiger partial charge in [0.1, 0.15) is 6.54 Å². The number of nitrogens with one attached hydrogen (secondary N) is 1. The molecule has 4 heteroatoms. The minimum absolute atomic E-state index is 0.0304. The van der Waals surface area contributed by atoms with E-state index in [2.05, 4.69) is 17.3 Å². The van der Waals surface area contributed by atoms with Crippen molar-refractivity contribution >= 4 is 11.6 Å². The molecule has 110 valence electrons. The van der Waals surface area contributed by atoms with Crippen LogP contribution in [0.3, 0.4) is 0 Å². The first kappa shape index (κ1) is 13.9. The zero-order chi connectivity index (χ0) is 14.8. The van der Waals surface area contributed by atoms with Gasteiger partial charge < -0.3 is 5.32 Å². The van der Waals surface area contributed by atoms with Crippen LogP contribution in [0.5, 0.6) is 0 Å². The highest BCUT2D eigenvalue weighted by molar-refractivity contribution is 5.91. The Balaban J connectivity index is 1.67. The van der Waals surface area contributed by atoms with Gasteiger partial charge in [-0.1, -0.05) is 25.1 Å². The van der Waals surface area contributed by atoms with Crippen LogP contribution in [0, 0.1) is 12.8 Å². The van der Waals surface area contributed by atoms with E-state index in [1.807, 2.05) is 37.4 Å². The van der Waals surface area contributed by atoms with Crippen molar-refractivity contribution < 1.29 is 4.79 Å². The molecule has 0 aliphatic heterocycles. The summed E-state index contributed by atoms with van der Waals surface area (Å²) < 4.78 is 1.77. The van der Waals surface area contributed by atoms with Crippen LogP contribution in [0.1, 0.15) is 30.2 Å². The summed E-state index contributed by atoms with van der Waals surface area (Å²) in [5, 5.41) is 7.49. The summed E-state index contributed by atoms with van der Waals surface area (Å²) in [4.78, 5) is 12.1. The fraction of sp³-hybridized carbons (Fsp3) is 0.412. The predicted molar refractivity (Wildman–Crippen MR) is 83.2 cm³/mol. The van der Waals surface area contributed by atoms with Gasteiger partial charge in [-0.2, -0.15) is 5.10 Å². The van der Waals surface area contributed by atoms with Crippen molar-refractivity contribution in [3.63, 3.8) is 0 Å². The molecule has 1 aliphatic rings. The van der Waals surface area contributed by atoms with Crippen LogP contribution in [0.25, 0.3) is 0 Å². The molecule has 2 aromatic rings. The van der Waals surface area contributed by atoms with E-state index in [-0.39, 0.29) is 12.5 Å². The van der Waals surface area contributed by atoms with Gasteiger partial charge in [0.25, 0.3) is 0 Å². The number of para-hydroxylation sites is 1. The molecule has 1 amide bonds. The van der Waals surface area contributed by atoms with Crippen molar-refractivity contribution in [1.82, 2.24) is 9.78 Å². The van der Waals surface area contributed by atoms with Gasteiger partial charge in [-0.05, 0) is 49.3 Å². The van der Waals surface area contributed by atoms with Crippen molar-refractivity contribution in [2.45, 2.75) is 39.7 Å². The fourth-order valence-corrected chi connectivity index (χ4v) is 2.88. The average molecular weight is 283 g/mol. The maximum atomic E-state index is 12.1. The summed E-state index contributed by atoms with van der Waals surface area (Å²) in [6.07, 6.45) is 5.33. The number of aryl methyl sites for hydroxylation is 2. The molecule has 1 heterocycles. The average Bonchev–Trinajstić information content (AvgIpc) is 2.82. The lowest BCUT2D eigenvalue weighted by molar-refractivity contribution is -0.116. The van der Waals surface area contributed by atoms with E-state index in [1.54, 1.807) is 4.68 Å². The van der Waals surface area contributed by atoms with Gasteiger partial charge in [0.15, 0.2) is 0 Å². The number of aromatic nitrogens is 2. The number of hydrogen-bond donors (Lipinski definition) is 1. The molecule has 0 saturated carbocycles. The van der Waals surface area contributed by atoms with Crippen molar-refractivity contribution in [1.29, 1.82) is 0 Å². The molecule has 1 aromatic heterocycles. The summed E-state index contributed by atoms with van der Waals surface area (Å²) in [5.41, 5.74) is 4.40. The first-order valence-electron chi connectivity index (χ1n) is 7.52. The van der Waals surface area contributed by atoms with E-state index in [0.717, 1.165) is 35.7 Å². The monoisotopic (exact) mass is 283 g/mol. The second-order valence-electron chi connectivity index (χ2n) is 6.01. The Morgan fingerprint density at radius 2 is 2.24 bits per heavy atom. The normalized spacial score (nSPS) is 17.3. The Hall–Kier alpha value is -2.10. The van der Waals surface area contributed by atoms with Crippen LogP contribution < -0.4 is 5.32 Å². The number of carbonyl (C=O) groups excluding carboxylic acids is 1. The van der Waals surface area contributed by atoms with Crippen LogP contribution >= 0.6 is 0 Å². The summed E-state index contributed by atoms with van der Waals surface area (Å²) >= 11 is 0. The number of nitrogens with zero attached hydrogens (tertiary/aromatic N) is 2. The van der Waals surface area contributed by atoms with Crippen molar-refractivity contribution in [3.05, 3.63) is 47.3 Å². The Bertz CT molecular complexity index is 660. The Kier molecular flexibility index (Phi) is 3.78. The first-order chi connectivity index (χ1) is 10.1. The largest absolute Gasteiger partial charge is 0.324 e. The summed E-state index contributed by atoms with van der Waals surface area (Å²) in [5.74, 6) is 0.688. The minimum atomic E-state index is -0.0304. The molecule has 3 rings (SSSR count). The highest BCUT2D eigenvalue weighted by Crippen LogP contribution is 2.24. The van der Waals surface area contributed by atoms with E-state index in [1.165, 1.54) is 12.0 Å². The van der Waals surface area contributed by atoms with Crippen LogP contribution in [-0.4, -0.2) is 15.7 Å². The number of amides is 1.